The Morgan fingerprint density at radius 1 is 1.00 bits per heavy atom. The molecule has 0 aliphatic rings. The van der Waals surface area contributed by atoms with E-state index in [1.807, 2.05) is 63.4 Å². The number of hydrogen-bond acceptors (Lipinski definition) is 4. The van der Waals surface area contributed by atoms with E-state index in [9.17, 15) is 14.0 Å². The molecule has 7 nitrogen and oxygen atoms in total. The molecule has 3 aromatic rings. The molecule has 0 saturated heterocycles. The lowest BCUT2D eigenvalue weighted by atomic mass is 10.0. The van der Waals surface area contributed by atoms with Gasteiger partial charge in [-0.3, -0.25) is 9.59 Å². The quantitative estimate of drug-likeness (QED) is 0.379. The predicted octanol–water partition coefficient (Wildman–Crippen LogP) is 4.60. The van der Waals surface area contributed by atoms with E-state index < -0.39 is 17.3 Å². The molecule has 1 heterocycles. The zero-order valence-electron chi connectivity index (χ0n) is 22.2. The third kappa shape index (κ3) is 7.67. The minimum atomic E-state index is -0.503. The van der Waals surface area contributed by atoms with Crippen LogP contribution in [0.3, 0.4) is 0 Å². The largest absolute Gasteiger partial charge is 0.497 e. The second-order valence-electron chi connectivity index (χ2n) is 9.86. The summed E-state index contributed by atoms with van der Waals surface area (Å²) in [4.78, 5) is 30.0. The number of aromatic nitrogens is 1. The van der Waals surface area contributed by atoms with Crippen LogP contribution in [-0.2, 0) is 22.6 Å². The first-order valence-corrected chi connectivity index (χ1v) is 12.2. The fourth-order valence-corrected chi connectivity index (χ4v) is 4.08. The van der Waals surface area contributed by atoms with Gasteiger partial charge in [-0.25, -0.2) is 4.39 Å². The Bertz CT molecular complexity index is 1200. The summed E-state index contributed by atoms with van der Waals surface area (Å²) < 4.78 is 26.4. The van der Waals surface area contributed by atoms with Crippen LogP contribution in [-0.4, -0.2) is 65.6 Å². The molecule has 2 aromatic carbocycles. The molecule has 0 radical (unpaired) electrons. The number of nitrogens with zero attached hydrogens (tertiary/aromatic N) is 3. The van der Waals surface area contributed by atoms with Crippen molar-refractivity contribution in [2.24, 2.45) is 0 Å². The number of ether oxygens (including phenoxy) is 2. The van der Waals surface area contributed by atoms with Gasteiger partial charge in [0, 0.05) is 43.2 Å². The zero-order chi connectivity index (χ0) is 27.0. The lowest BCUT2D eigenvalue weighted by Gasteiger charge is -2.37. The normalized spacial score (nSPS) is 11.3. The number of benzene rings is 2. The summed E-state index contributed by atoms with van der Waals surface area (Å²) >= 11 is 0. The van der Waals surface area contributed by atoms with Gasteiger partial charge in [-0.05, 0) is 68.8 Å². The standard InChI is InChI=1S/C29H36FN3O4/c1-29(2,3)33(20-25-12-8-14-31(25)19-22-9-6-13-26(17-22)37-5)27(34)21-32(15-16-36-4)28(35)23-10-7-11-24(30)18-23/h6-14,17-18H,15-16,19-21H2,1-5H3. The summed E-state index contributed by atoms with van der Waals surface area (Å²) in [5.74, 6) is -0.337. The molecule has 0 spiro atoms. The van der Waals surface area contributed by atoms with Crippen LogP contribution in [0.1, 0.15) is 42.4 Å². The van der Waals surface area contributed by atoms with Crippen LogP contribution in [0, 0.1) is 5.82 Å². The third-order valence-electron chi connectivity index (χ3n) is 6.09. The van der Waals surface area contributed by atoms with E-state index >= 15 is 0 Å². The molecule has 0 unspecified atom stereocenters. The molecule has 0 fully saturated rings. The van der Waals surface area contributed by atoms with Crippen LogP contribution in [0.4, 0.5) is 4.39 Å². The molecule has 0 bridgehead atoms. The highest BCUT2D eigenvalue weighted by atomic mass is 19.1. The van der Waals surface area contributed by atoms with E-state index in [0.717, 1.165) is 17.0 Å². The number of methoxy groups -OCH3 is 2. The van der Waals surface area contributed by atoms with Gasteiger partial charge in [-0.15, -0.1) is 0 Å². The maximum atomic E-state index is 13.8. The highest BCUT2D eigenvalue weighted by Crippen LogP contribution is 2.21. The highest BCUT2D eigenvalue weighted by Gasteiger charge is 2.30. The fourth-order valence-electron chi connectivity index (χ4n) is 4.08. The number of carbonyl (C=O) groups is 2. The predicted molar refractivity (Wildman–Crippen MR) is 141 cm³/mol. The Hall–Kier alpha value is -3.65. The van der Waals surface area contributed by atoms with Crippen molar-refractivity contribution in [3.63, 3.8) is 0 Å². The Morgan fingerprint density at radius 3 is 2.43 bits per heavy atom. The summed E-state index contributed by atoms with van der Waals surface area (Å²) in [6, 6.07) is 17.3. The molecule has 8 heteroatoms. The van der Waals surface area contributed by atoms with Gasteiger partial charge in [-0.1, -0.05) is 18.2 Å². The smallest absolute Gasteiger partial charge is 0.254 e. The lowest BCUT2D eigenvalue weighted by Crippen LogP contribution is -2.50. The Labute approximate surface area is 218 Å². The van der Waals surface area contributed by atoms with Crippen LogP contribution < -0.4 is 4.74 Å². The Balaban J connectivity index is 1.81. The van der Waals surface area contributed by atoms with Crippen molar-refractivity contribution in [3.05, 3.63) is 89.5 Å². The van der Waals surface area contributed by atoms with Gasteiger partial charge in [0.2, 0.25) is 5.91 Å². The summed E-state index contributed by atoms with van der Waals surface area (Å²) in [6.07, 6.45) is 1.98. The topological polar surface area (TPSA) is 64.0 Å². The summed E-state index contributed by atoms with van der Waals surface area (Å²) in [7, 11) is 3.17. The van der Waals surface area contributed by atoms with Crippen molar-refractivity contribution in [1.82, 2.24) is 14.4 Å². The van der Waals surface area contributed by atoms with Crippen LogP contribution in [0.5, 0.6) is 5.75 Å². The van der Waals surface area contributed by atoms with Gasteiger partial charge in [0.05, 0.1) is 20.3 Å². The number of amides is 2. The fraction of sp³-hybridized carbons (Fsp3) is 0.379. The van der Waals surface area contributed by atoms with Crippen molar-refractivity contribution in [2.75, 3.05) is 33.9 Å². The molecule has 1 aromatic heterocycles. The SMILES string of the molecule is COCCN(CC(=O)N(Cc1cccn1Cc1cccc(OC)c1)C(C)(C)C)C(=O)c1cccc(F)c1. The van der Waals surface area contributed by atoms with E-state index in [2.05, 4.69) is 4.57 Å². The number of carbonyl (C=O) groups excluding carboxylic acids is 2. The van der Waals surface area contributed by atoms with Crippen molar-refractivity contribution >= 4 is 11.8 Å². The minimum Gasteiger partial charge on any atom is -0.497 e. The maximum Gasteiger partial charge on any atom is 0.254 e. The van der Waals surface area contributed by atoms with Gasteiger partial charge in [0.15, 0.2) is 0 Å². The minimum absolute atomic E-state index is 0.146. The van der Waals surface area contributed by atoms with Crippen LogP contribution in [0.2, 0.25) is 0 Å². The molecule has 0 aliphatic heterocycles. The van der Waals surface area contributed by atoms with E-state index in [-0.39, 0.29) is 31.2 Å². The molecular weight excluding hydrogens is 473 g/mol. The Morgan fingerprint density at radius 2 is 1.76 bits per heavy atom. The summed E-state index contributed by atoms with van der Waals surface area (Å²) in [5.41, 5.74) is 1.73. The van der Waals surface area contributed by atoms with Gasteiger partial charge >= 0.3 is 0 Å². The van der Waals surface area contributed by atoms with Gasteiger partial charge < -0.3 is 23.8 Å². The number of rotatable bonds is 11. The number of halogens is 1. The molecule has 2 amide bonds. The molecule has 3 rings (SSSR count). The van der Waals surface area contributed by atoms with E-state index in [1.54, 1.807) is 18.1 Å². The zero-order valence-corrected chi connectivity index (χ0v) is 22.2. The monoisotopic (exact) mass is 509 g/mol. The second kappa shape index (κ2) is 12.5. The van der Waals surface area contributed by atoms with Gasteiger partial charge in [0.25, 0.3) is 5.91 Å². The lowest BCUT2D eigenvalue weighted by molar-refractivity contribution is -0.137. The number of hydrogen-bond donors (Lipinski definition) is 0. The van der Waals surface area contributed by atoms with E-state index in [4.69, 9.17) is 9.47 Å². The summed E-state index contributed by atoms with van der Waals surface area (Å²) in [6.45, 7) is 7.22. The molecule has 0 atom stereocenters. The summed E-state index contributed by atoms with van der Waals surface area (Å²) in [5, 5.41) is 0. The molecule has 37 heavy (non-hydrogen) atoms. The van der Waals surface area contributed by atoms with Crippen molar-refractivity contribution in [1.29, 1.82) is 0 Å². The van der Waals surface area contributed by atoms with Crippen molar-refractivity contribution in [2.45, 2.75) is 39.4 Å². The first-order valence-electron chi connectivity index (χ1n) is 12.2. The van der Waals surface area contributed by atoms with Crippen LogP contribution >= 0.6 is 0 Å². The molecule has 0 aliphatic carbocycles. The first-order chi connectivity index (χ1) is 17.6. The van der Waals surface area contributed by atoms with Crippen LogP contribution in [0.25, 0.3) is 0 Å². The molecule has 0 saturated carbocycles. The average Bonchev–Trinajstić information content (AvgIpc) is 3.30. The van der Waals surface area contributed by atoms with Crippen LogP contribution in [0.15, 0.2) is 66.9 Å². The maximum absolute atomic E-state index is 13.8. The highest BCUT2D eigenvalue weighted by molar-refractivity contribution is 5.96. The van der Waals surface area contributed by atoms with E-state index in [1.165, 1.54) is 30.2 Å². The van der Waals surface area contributed by atoms with Crippen molar-refractivity contribution < 1.29 is 23.5 Å². The van der Waals surface area contributed by atoms with Gasteiger partial charge in [0.1, 0.15) is 18.1 Å². The van der Waals surface area contributed by atoms with Gasteiger partial charge in [-0.2, -0.15) is 0 Å². The molecular formula is C29H36FN3O4. The average molecular weight is 510 g/mol. The second-order valence-corrected chi connectivity index (χ2v) is 9.86. The Kier molecular flexibility index (Phi) is 9.47. The molecule has 198 valence electrons. The first kappa shape index (κ1) is 27.9. The third-order valence-corrected chi connectivity index (χ3v) is 6.09. The van der Waals surface area contributed by atoms with E-state index in [0.29, 0.717) is 13.1 Å². The molecule has 0 N–H and O–H groups in total. The van der Waals surface area contributed by atoms with Crippen molar-refractivity contribution in [3.8, 4) is 5.75 Å².